The van der Waals surface area contributed by atoms with Crippen LogP contribution in [0.3, 0.4) is 0 Å². The number of nitrogens with one attached hydrogen (secondary N) is 1. The summed E-state index contributed by atoms with van der Waals surface area (Å²) in [6.07, 6.45) is -0.311. The maximum absolute atomic E-state index is 12.9. The number of carbonyl (C=O) groups excluding carboxylic acids is 2. The lowest BCUT2D eigenvalue weighted by Crippen LogP contribution is -2.50. The molecule has 3 aromatic rings. The van der Waals surface area contributed by atoms with Crippen molar-refractivity contribution in [3.8, 4) is 28.3 Å². The summed E-state index contributed by atoms with van der Waals surface area (Å²) in [6, 6.07) is 17.6. The lowest BCUT2D eigenvalue weighted by atomic mass is 10.1. The molecule has 0 spiro atoms. The quantitative estimate of drug-likeness (QED) is 0.539. The van der Waals surface area contributed by atoms with E-state index in [1.54, 1.807) is 18.9 Å². The highest BCUT2D eigenvalue weighted by Gasteiger charge is 2.23. The third-order valence-electron chi connectivity index (χ3n) is 5.98. The van der Waals surface area contributed by atoms with Crippen LogP contribution >= 0.6 is 0 Å². The van der Waals surface area contributed by atoms with Crippen molar-refractivity contribution in [1.82, 2.24) is 19.8 Å². The Hall–Kier alpha value is -3.98. The van der Waals surface area contributed by atoms with E-state index in [1.165, 1.54) is 0 Å². The first-order valence-corrected chi connectivity index (χ1v) is 12.0. The summed E-state index contributed by atoms with van der Waals surface area (Å²) >= 11 is 0. The van der Waals surface area contributed by atoms with Gasteiger partial charge in [-0.1, -0.05) is 29.8 Å². The smallest absolute Gasteiger partial charge is 0.409 e. The lowest BCUT2D eigenvalue weighted by Gasteiger charge is -2.33. The van der Waals surface area contributed by atoms with Gasteiger partial charge in [-0.25, -0.2) is 14.8 Å². The van der Waals surface area contributed by atoms with E-state index in [2.05, 4.69) is 15.3 Å². The number of carbonyl (C=O) groups is 2. The maximum atomic E-state index is 12.9. The van der Waals surface area contributed by atoms with E-state index < -0.39 is 0 Å². The average Bonchev–Trinajstić information content (AvgIpc) is 2.89. The van der Waals surface area contributed by atoms with Crippen LogP contribution in [0.4, 0.5) is 10.7 Å². The molecule has 36 heavy (non-hydrogen) atoms. The Labute approximate surface area is 211 Å². The summed E-state index contributed by atoms with van der Waals surface area (Å²) in [5.74, 6) is 0.790. The van der Waals surface area contributed by atoms with Gasteiger partial charge >= 0.3 is 6.09 Å². The third-order valence-corrected chi connectivity index (χ3v) is 5.98. The van der Waals surface area contributed by atoms with Gasteiger partial charge in [0.1, 0.15) is 5.75 Å². The average molecular weight is 490 g/mol. The molecule has 1 N–H and O–H groups in total. The Bertz CT molecular complexity index is 1190. The predicted octanol–water partition coefficient (Wildman–Crippen LogP) is 3.84. The van der Waals surface area contributed by atoms with E-state index in [9.17, 15) is 9.59 Å². The minimum atomic E-state index is -0.311. The van der Waals surface area contributed by atoms with Crippen molar-refractivity contribution in [2.24, 2.45) is 0 Å². The molecule has 0 unspecified atom stereocenters. The van der Waals surface area contributed by atoms with E-state index >= 15 is 0 Å². The number of ether oxygens (including phenoxy) is 2. The van der Waals surface area contributed by atoms with E-state index in [0.29, 0.717) is 44.2 Å². The Kier molecular flexibility index (Phi) is 8.12. The number of methoxy groups -OCH3 is 1. The molecule has 4 rings (SSSR count). The number of aryl methyl sites for hydroxylation is 1. The van der Waals surface area contributed by atoms with Gasteiger partial charge in [-0.3, -0.25) is 15.0 Å². The Balaban J connectivity index is 1.50. The molecule has 1 aliphatic heterocycles. The number of amides is 2. The van der Waals surface area contributed by atoms with E-state index in [1.807, 2.05) is 66.4 Å². The molecular formula is C27H31N5O4. The zero-order valence-electron chi connectivity index (χ0n) is 20.9. The molecule has 1 aromatic heterocycles. The number of hydrogen-bond donors (Lipinski definition) is 1. The van der Waals surface area contributed by atoms with Gasteiger partial charge in [0.15, 0.2) is 0 Å². The molecule has 0 aliphatic carbocycles. The van der Waals surface area contributed by atoms with Crippen LogP contribution in [0.5, 0.6) is 5.75 Å². The van der Waals surface area contributed by atoms with Gasteiger partial charge in [-0.2, -0.15) is 0 Å². The van der Waals surface area contributed by atoms with Gasteiger partial charge in [0, 0.05) is 37.3 Å². The predicted molar refractivity (Wildman–Crippen MR) is 138 cm³/mol. The highest BCUT2D eigenvalue weighted by atomic mass is 16.6. The number of piperazine rings is 1. The van der Waals surface area contributed by atoms with Gasteiger partial charge in [0.05, 0.1) is 31.6 Å². The van der Waals surface area contributed by atoms with Crippen LogP contribution in [0.2, 0.25) is 0 Å². The van der Waals surface area contributed by atoms with Crippen molar-refractivity contribution in [2.75, 3.05) is 51.8 Å². The van der Waals surface area contributed by atoms with Gasteiger partial charge in [0.2, 0.25) is 11.9 Å². The number of nitrogens with zero attached hydrogens (tertiary/aromatic N) is 4. The Morgan fingerprint density at radius 3 is 2.06 bits per heavy atom. The topological polar surface area (TPSA) is 96.9 Å². The van der Waals surface area contributed by atoms with Crippen LogP contribution in [0, 0.1) is 6.92 Å². The fraction of sp³-hybridized carbons (Fsp3) is 0.333. The van der Waals surface area contributed by atoms with E-state index in [4.69, 9.17) is 9.47 Å². The fourth-order valence-electron chi connectivity index (χ4n) is 3.96. The monoisotopic (exact) mass is 489 g/mol. The minimum Gasteiger partial charge on any atom is -0.497 e. The second-order valence-electron chi connectivity index (χ2n) is 8.57. The molecule has 2 amide bonds. The van der Waals surface area contributed by atoms with Gasteiger partial charge in [0.25, 0.3) is 0 Å². The van der Waals surface area contributed by atoms with Crippen LogP contribution in [0.1, 0.15) is 12.5 Å². The minimum absolute atomic E-state index is 0.187. The van der Waals surface area contributed by atoms with Crippen molar-refractivity contribution < 1.29 is 19.1 Å². The summed E-state index contributed by atoms with van der Waals surface area (Å²) < 4.78 is 10.3. The fourth-order valence-corrected chi connectivity index (χ4v) is 3.96. The first-order chi connectivity index (χ1) is 17.4. The van der Waals surface area contributed by atoms with Crippen LogP contribution in [-0.2, 0) is 9.53 Å². The molecular weight excluding hydrogens is 458 g/mol. The van der Waals surface area contributed by atoms with Gasteiger partial charge in [-0.05, 0) is 44.2 Å². The summed E-state index contributed by atoms with van der Waals surface area (Å²) in [5, 5.41) is 2.87. The number of benzene rings is 2. The summed E-state index contributed by atoms with van der Waals surface area (Å²) in [5.41, 5.74) is 4.39. The van der Waals surface area contributed by atoms with E-state index in [0.717, 1.165) is 22.4 Å². The largest absolute Gasteiger partial charge is 0.497 e. The van der Waals surface area contributed by atoms with E-state index in [-0.39, 0.29) is 24.5 Å². The van der Waals surface area contributed by atoms with Crippen LogP contribution < -0.4 is 10.1 Å². The summed E-state index contributed by atoms with van der Waals surface area (Å²) in [6.45, 7) is 6.58. The Morgan fingerprint density at radius 1 is 0.917 bits per heavy atom. The molecule has 0 bridgehead atoms. The molecule has 2 aromatic carbocycles. The first-order valence-electron chi connectivity index (χ1n) is 12.0. The Morgan fingerprint density at radius 2 is 1.50 bits per heavy atom. The highest BCUT2D eigenvalue weighted by molar-refractivity contribution is 5.91. The van der Waals surface area contributed by atoms with Gasteiger partial charge < -0.3 is 14.4 Å². The molecule has 9 nitrogen and oxygen atoms in total. The number of anilines is 1. The molecule has 9 heteroatoms. The maximum Gasteiger partial charge on any atom is 0.409 e. The molecule has 1 aliphatic rings. The molecule has 1 saturated heterocycles. The van der Waals surface area contributed by atoms with Crippen molar-refractivity contribution in [1.29, 1.82) is 0 Å². The van der Waals surface area contributed by atoms with Crippen LogP contribution in [0.25, 0.3) is 22.5 Å². The molecule has 2 heterocycles. The molecule has 0 saturated carbocycles. The van der Waals surface area contributed by atoms with Crippen LogP contribution in [-0.4, -0.2) is 78.2 Å². The molecule has 1 fully saturated rings. The van der Waals surface area contributed by atoms with Crippen molar-refractivity contribution in [3.63, 3.8) is 0 Å². The number of aromatic nitrogens is 2. The second-order valence-corrected chi connectivity index (χ2v) is 8.57. The highest BCUT2D eigenvalue weighted by Crippen LogP contribution is 2.27. The normalized spacial score (nSPS) is 13.8. The zero-order valence-corrected chi connectivity index (χ0v) is 20.9. The molecule has 0 atom stereocenters. The van der Waals surface area contributed by atoms with Gasteiger partial charge in [-0.15, -0.1) is 0 Å². The lowest BCUT2D eigenvalue weighted by molar-refractivity contribution is -0.117. The standard InChI is InChI=1S/C27H31N5O4/c1-4-36-27(34)32-15-13-31(14-16-32)18-25(33)30-26-28-23(20-7-5-19(2)6-8-20)17-24(29-26)21-9-11-22(35-3)12-10-21/h5-12,17H,4,13-16,18H2,1-3H3,(H,28,29,30,33). The van der Waals surface area contributed by atoms with Crippen molar-refractivity contribution >= 4 is 17.9 Å². The third kappa shape index (κ3) is 6.37. The summed E-state index contributed by atoms with van der Waals surface area (Å²) in [7, 11) is 1.62. The molecule has 188 valence electrons. The van der Waals surface area contributed by atoms with Crippen molar-refractivity contribution in [2.45, 2.75) is 13.8 Å². The number of rotatable bonds is 7. The first kappa shape index (κ1) is 25.1. The summed E-state index contributed by atoms with van der Waals surface area (Å²) in [4.78, 5) is 37.7. The zero-order chi connectivity index (χ0) is 25.5. The van der Waals surface area contributed by atoms with Crippen LogP contribution in [0.15, 0.2) is 54.6 Å². The second kappa shape index (κ2) is 11.6. The molecule has 0 radical (unpaired) electrons. The SMILES string of the molecule is CCOC(=O)N1CCN(CC(=O)Nc2nc(-c3ccc(C)cc3)cc(-c3ccc(OC)cc3)n2)CC1. The van der Waals surface area contributed by atoms with Crippen molar-refractivity contribution in [3.05, 3.63) is 60.2 Å². The number of hydrogen-bond acceptors (Lipinski definition) is 7.